The van der Waals surface area contributed by atoms with Crippen molar-refractivity contribution >= 4 is 40.3 Å². The Morgan fingerprint density at radius 3 is 2.20 bits per heavy atom. The minimum atomic E-state index is -1.17. The van der Waals surface area contributed by atoms with E-state index in [1.807, 2.05) is 55.4 Å². The van der Waals surface area contributed by atoms with Gasteiger partial charge in [0.05, 0.1) is 6.04 Å². The summed E-state index contributed by atoms with van der Waals surface area (Å²) in [6, 6.07) is -3.82. The van der Waals surface area contributed by atoms with Gasteiger partial charge in [0.1, 0.15) is 12.1 Å². The van der Waals surface area contributed by atoms with Crippen molar-refractivity contribution in [3.8, 4) is 12.3 Å². The van der Waals surface area contributed by atoms with Gasteiger partial charge < -0.3 is 31.5 Å². The van der Waals surface area contributed by atoms with Gasteiger partial charge in [-0.1, -0.05) is 61.5 Å². The van der Waals surface area contributed by atoms with E-state index in [4.69, 9.17) is 6.42 Å². The maximum Gasteiger partial charge on any atom is 0.315 e. The maximum absolute atomic E-state index is 14.3. The highest BCUT2D eigenvalue weighted by Crippen LogP contribution is 2.33. The Morgan fingerprint density at radius 2 is 1.67 bits per heavy atom. The molecule has 1 rings (SSSR count). The first-order chi connectivity index (χ1) is 22.8. The van der Waals surface area contributed by atoms with E-state index in [2.05, 4.69) is 39.1 Å². The van der Waals surface area contributed by atoms with Crippen LogP contribution in [0.2, 0.25) is 0 Å². The van der Waals surface area contributed by atoms with Crippen LogP contribution in [0.1, 0.15) is 87.5 Å². The van der Waals surface area contributed by atoms with Crippen molar-refractivity contribution in [2.24, 2.45) is 22.7 Å². The summed E-state index contributed by atoms with van der Waals surface area (Å²) in [5.41, 5.74) is -1.01. The number of hydrogen-bond donors (Lipinski definition) is 5. The monoisotopic (exact) mass is 706 g/mol. The number of nitrogens with one attached hydrogen (secondary N) is 5. The van der Waals surface area contributed by atoms with Crippen molar-refractivity contribution in [2.45, 2.75) is 112 Å². The van der Waals surface area contributed by atoms with Crippen LogP contribution in [0.25, 0.3) is 0 Å². The summed E-state index contributed by atoms with van der Waals surface area (Å²) in [6.07, 6.45) is 11.1. The molecule has 0 aromatic heterocycles. The van der Waals surface area contributed by atoms with Crippen LogP contribution in [-0.2, 0) is 30.0 Å². The molecule has 0 aliphatic carbocycles. The van der Waals surface area contributed by atoms with Crippen LogP contribution >= 0.6 is 0 Å². The number of hydrogen-bond acceptors (Lipinski definition) is 7. The molecule has 1 aliphatic rings. The highest BCUT2D eigenvalue weighted by molar-refractivity contribution is 7.84. The third kappa shape index (κ3) is 14.6. The summed E-state index contributed by atoms with van der Waals surface area (Å²) >= 11 is 0. The van der Waals surface area contributed by atoms with Crippen molar-refractivity contribution in [1.29, 1.82) is 0 Å². The van der Waals surface area contributed by atoms with Crippen LogP contribution < -0.4 is 26.6 Å². The van der Waals surface area contributed by atoms with Gasteiger partial charge in [0.25, 0.3) is 5.91 Å². The van der Waals surface area contributed by atoms with Crippen molar-refractivity contribution in [3.63, 3.8) is 0 Å². The third-order valence-electron chi connectivity index (χ3n) is 8.82. The summed E-state index contributed by atoms with van der Waals surface area (Å²) in [6.45, 7) is 20.7. The Balaban J connectivity index is 3.22. The Hall–Kier alpha value is -3.24. The zero-order chi connectivity index (χ0) is 37.5. The van der Waals surface area contributed by atoms with E-state index < -0.39 is 63.9 Å². The minimum Gasteiger partial charge on any atom is -0.346 e. The number of unbranched alkanes of at least 4 members (excludes halogenated alkanes) is 1. The molecule has 0 spiro atoms. The van der Waals surface area contributed by atoms with E-state index in [0.717, 1.165) is 19.4 Å². The molecule has 1 saturated heterocycles. The van der Waals surface area contributed by atoms with Crippen LogP contribution in [0, 0.1) is 35.0 Å². The van der Waals surface area contributed by atoms with Crippen LogP contribution in [0.4, 0.5) is 4.79 Å². The number of carbonyl (C=O) groups is 5. The summed E-state index contributed by atoms with van der Waals surface area (Å²) in [5.74, 6) is 0.284. The predicted molar refractivity (Wildman–Crippen MR) is 196 cm³/mol. The van der Waals surface area contributed by atoms with Gasteiger partial charge in [-0.25, -0.2) is 4.79 Å². The first kappa shape index (κ1) is 43.8. The van der Waals surface area contributed by atoms with Crippen molar-refractivity contribution in [1.82, 2.24) is 31.5 Å². The molecule has 13 heteroatoms. The van der Waals surface area contributed by atoms with Gasteiger partial charge in [-0.3, -0.25) is 23.4 Å². The lowest BCUT2D eigenvalue weighted by molar-refractivity contribution is -0.144. The molecule has 0 saturated carbocycles. The lowest BCUT2D eigenvalue weighted by Gasteiger charge is -2.38. The summed E-state index contributed by atoms with van der Waals surface area (Å²) < 4.78 is 11.3. The van der Waals surface area contributed by atoms with Crippen LogP contribution in [0.15, 0.2) is 12.7 Å². The average Bonchev–Trinajstić information content (AvgIpc) is 3.45. The average molecular weight is 707 g/mol. The third-order valence-corrected chi connectivity index (χ3v) is 9.68. The van der Waals surface area contributed by atoms with Gasteiger partial charge in [0.15, 0.2) is 0 Å². The molecule has 1 fully saturated rings. The number of Topliss-reactive ketones (excluding diaryl/α,β-unsaturated/α-hetero) is 1. The Kier molecular flexibility index (Phi) is 18.3. The first-order valence-electron chi connectivity index (χ1n) is 17.3. The number of carbonyl (C=O) groups excluding carboxylic acids is 5. The molecule has 0 radical (unpaired) electrons. The molecule has 12 nitrogen and oxygen atoms in total. The van der Waals surface area contributed by atoms with E-state index in [-0.39, 0.29) is 42.7 Å². The second kappa shape index (κ2) is 20.4. The number of rotatable bonds is 19. The Morgan fingerprint density at radius 1 is 1.02 bits per heavy atom. The standard InChI is InChI=1S/C36H62N6O6S/c1-12-14-17-26(29(43)32(45)38-19-13-2)39-31(44)28-25(24(3)4)18-21-42(28)33(46)30(36(8,9)10)41-34(47)40-27(35(5,6)7)23-37-20-15-16-22-49(11)48/h1,13,24-28,30,37H,2,14-23H2,3-11H3,(H,38,45)(H,39,44)(H2,40,41,47)/t25-,26?,27-,28+,30-,49?/m1/s1. The summed E-state index contributed by atoms with van der Waals surface area (Å²) in [5, 5.41) is 14.5. The number of ketones is 1. The van der Waals surface area contributed by atoms with Crippen molar-refractivity contribution < 1.29 is 28.2 Å². The smallest absolute Gasteiger partial charge is 0.315 e. The van der Waals surface area contributed by atoms with Gasteiger partial charge in [-0.15, -0.1) is 18.9 Å². The van der Waals surface area contributed by atoms with E-state index in [1.165, 1.54) is 11.0 Å². The highest BCUT2D eigenvalue weighted by Gasteiger charge is 2.47. The van der Waals surface area contributed by atoms with Crippen molar-refractivity contribution in [2.75, 3.05) is 38.2 Å². The molecular weight excluding hydrogens is 644 g/mol. The minimum absolute atomic E-state index is 0.0258. The Labute approximate surface area is 297 Å². The zero-order valence-electron chi connectivity index (χ0n) is 31.2. The molecule has 0 bridgehead atoms. The fraction of sp³-hybridized carbons (Fsp3) is 0.750. The Bertz CT molecular complexity index is 1220. The zero-order valence-corrected chi connectivity index (χ0v) is 32.0. The largest absolute Gasteiger partial charge is 0.346 e. The molecular formula is C36H62N6O6S. The fourth-order valence-corrected chi connectivity index (χ4v) is 6.39. The molecule has 1 heterocycles. The molecule has 278 valence electrons. The lowest BCUT2D eigenvalue weighted by atomic mass is 9.84. The quantitative estimate of drug-likeness (QED) is 0.0596. The van der Waals surface area contributed by atoms with Crippen LogP contribution in [0.3, 0.4) is 0 Å². The molecule has 6 atom stereocenters. The molecule has 0 aromatic carbocycles. The number of likely N-dealkylation sites (tertiary alicyclic amines) is 1. The molecule has 2 unspecified atom stereocenters. The van der Waals surface area contributed by atoms with Gasteiger partial charge in [-0.2, -0.15) is 0 Å². The van der Waals surface area contributed by atoms with Gasteiger partial charge in [-0.05, 0) is 54.9 Å². The molecule has 49 heavy (non-hydrogen) atoms. The lowest BCUT2D eigenvalue weighted by Crippen LogP contribution is -2.62. The number of urea groups is 1. The number of amides is 5. The van der Waals surface area contributed by atoms with Gasteiger partial charge in [0.2, 0.25) is 17.6 Å². The van der Waals surface area contributed by atoms with Crippen LogP contribution in [-0.4, -0.2) is 101 Å². The fourth-order valence-electron chi connectivity index (χ4n) is 5.78. The highest BCUT2D eigenvalue weighted by atomic mass is 32.2. The number of terminal acetylenes is 1. The second-order valence-corrected chi connectivity index (χ2v) is 16.9. The van der Waals surface area contributed by atoms with E-state index in [0.29, 0.717) is 25.3 Å². The molecule has 0 aromatic rings. The topological polar surface area (TPSA) is 166 Å². The van der Waals surface area contributed by atoms with E-state index in [9.17, 15) is 28.2 Å². The molecule has 5 amide bonds. The SMILES string of the molecule is C#CCCC(NC(=O)[C@@H]1[C@@H](C(C)C)CCN1C(=O)[C@@H](NC(=O)N[C@H](CNCCCCS(C)=O)C(C)(C)C)C(C)(C)C)C(=O)C(=O)NCC=C. The van der Waals surface area contributed by atoms with Gasteiger partial charge in [0, 0.05) is 54.9 Å². The first-order valence-corrected chi connectivity index (χ1v) is 19.0. The predicted octanol–water partition coefficient (Wildman–Crippen LogP) is 2.51. The van der Waals surface area contributed by atoms with Crippen LogP contribution in [0.5, 0.6) is 0 Å². The second-order valence-electron chi connectivity index (χ2n) is 15.4. The molecule has 5 N–H and O–H groups in total. The molecule has 1 aliphatic heterocycles. The van der Waals surface area contributed by atoms with E-state index >= 15 is 0 Å². The maximum atomic E-state index is 14.3. The summed E-state index contributed by atoms with van der Waals surface area (Å²) in [7, 11) is -0.822. The van der Waals surface area contributed by atoms with E-state index in [1.54, 1.807) is 6.26 Å². The summed E-state index contributed by atoms with van der Waals surface area (Å²) in [4.78, 5) is 68.8. The number of nitrogens with zero attached hydrogens (tertiary/aromatic N) is 1. The van der Waals surface area contributed by atoms with Crippen molar-refractivity contribution in [3.05, 3.63) is 12.7 Å². The normalized spacial score (nSPS) is 18.8. The van der Waals surface area contributed by atoms with Gasteiger partial charge >= 0.3 is 6.03 Å².